The van der Waals surface area contributed by atoms with E-state index < -0.39 is 28.5 Å². The fourth-order valence-corrected chi connectivity index (χ4v) is 5.88. The van der Waals surface area contributed by atoms with Crippen LogP contribution in [0.3, 0.4) is 0 Å². The first-order valence-corrected chi connectivity index (χ1v) is 15.3. The largest absolute Gasteiger partial charge is 0.495 e. The predicted molar refractivity (Wildman–Crippen MR) is 163 cm³/mol. The number of sulfonamides is 1. The van der Waals surface area contributed by atoms with E-state index in [9.17, 15) is 18.0 Å². The highest BCUT2D eigenvalue weighted by Gasteiger charge is 2.33. The van der Waals surface area contributed by atoms with Crippen LogP contribution in [0.1, 0.15) is 31.9 Å². The van der Waals surface area contributed by atoms with Gasteiger partial charge in [-0.15, -0.1) is 0 Å². The molecule has 0 heterocycles. The van der Waals surface area contributed by atoms with Gasteiger partial charge >= 0.3 is 0 Å². The number of nitrogens with one attached hydrogen (secondary N) is 1. The minimum absolute atomic E-state index is 0.00298. The van der Waals surface area contributed by atoms with E-state index in [1.807, 2.05) is 20.8 Å². The highest BCUT2D eigenvalue weighted by molar-refractivity contribution is 7.92. The number of hydrogen-bond donors (Lipinski definition) is 1. The average Bonchev–Trinajstić information content (AvgIpc) is 2.93. The Morgan fingerprint density at radius 2 is 1.61 bits per heavy atom. The summed E-state index contributed by atoms with van der Waals surface area (Å²) in [6, 6.07) is 16.9. The van der Waals surface area contributed by atoms with Crippen LogP contribution in [0, 0.1) is 12.8 Å². The third kappa shape index (κ3) is 8.15. The Morgan fingerprint density at radius 1 is 0.951 bits per heavy atom. The molecule has 0 aliphatic carbocycles. The van der Waals surface area contributed by atoms with Gasteiger partial charge in [-0.1, -0.05) is 72.9 Å². The molecule has 0 radical (unpaired) electrons. The molecule has 220 valence electrons. The number of hydrogen-bond acceptors (Lipinski definition) is 5. The summed E-state index contributed by atoms with van der Waals surface area (Å²) in [5.41, 5.74) is 1.66. The minimum Gasteiger partial charge on any atom is -0.495 e. The molecule has 3 rings (SSSR count). The Labute approximate surface area is 252 Å². The zero-order valence-electron chi connectivity index (χ0n) is 23.7. The van der Waals surface area contributed by atoms with Gasteiger partial charge in [-0.2, -0.15) is 0 Å². The van der Waals surface area contributed by atoms with Crippen LogP contribution in [0.2, 0.25) is 10.0 Å². The smallest absolute Gasteiger partial charge is 0.264 e. The lowest BCUT2D eigenvalue weighted by atomic mass is 10.1. The summed E-state index contributed by atoms with van der Waals surface area (Å²) in [5.74, 6) is -0.404. The van der Waals surface area contributed by atoms with Gasteiger partial charge in [-0.05, 0) is 61.7 Å². The van der Waals surface area contributed by atoms with E-state index in [1.165, 1.54) is 42.3 Å². The van der Waals surface area contributed by atoms with Crippen molar-refractivity contribution in [3.05, 3.63) is 87.9 Å². The quantitative estimate of drug-likeness (QED) is 0.281. The van der Waals surface area contributed by atoms with Crippen molar-refractivity contribution in [1.82, 2.24) is 10.2 Å². The van der Waals surface area contributed by atoms with Crippen LogP contribution in [0.15, 0.2) is 71.6 Å². The van der Waals surface area contributed by atoms with E-state index in [4.69, 9.17) is 27.9 Å². The number of carbonyl (C=O) groups excluding carboxylic acids is 2. The zero-order chi connectivity index (χ0) is 30.3. The van der Waals surface area contributed by atoms with E-state index >= 15 is 0 Å². The molecule has 8 nitrogen and oxygen atoms in total. The first-order chi connectivity index (χ1) is 19.3. The molecule has 1 atom stereocenters. The molecule has 0 fully saturated rings. The molecule has 0 bridgehead atoms. The molecule has 0 unspecified atom stereocenters. The third-order valence-electron chi connectivity index (χ3n) is 6.46. The van der Waals surface area contributed by atoms with Gasteiger partial charge in [0.15, 0.2) is 0 Å². The summed E-state index contributed by atoms with van der Waals surface area (Å²) >= 11 is 12.8. The highest BCUT2D eigenvalue weighted by Crippen LogP contribution is 2.32. The number of carbonyl (C=O) groups is 2. The lowest BCUT2D eigenvalue weighted by molar-refractivity contribution is -0.139. The number of aryl methyl sites for hydroxylation is 1. The molecule has 3 aromatic carbocycles. The van der Waals surface area contributed by atoms with Crippen molar-refractivity contribution in [3.63, 3.8) is 0 Å². The van der Waals surface area contributed by atoms with Gasteiger partial charge in [0.1, 0.15) is 18.3 Å². The summed E-state index contributed by atoms with van der Waals surface area (Å²) < 4.78 is 34.1. The average molecular weight is 621 g/mol. The molecule has 11 heteroatoms. The fourth-order valence-electron chi connectivity index (χ4n) is 4.02. The van der Waals surface area contributed by atoms with Crippen LogP contribution >= 0.6 is 23.2 Å². The fraction of sp³-hybridized carbons (Fsp3) is 0.333. The lowest BCUT2D eigenvalue weighted by Crippen LogP contribution is -2.51. The number of methoxy groups -OCH3 is 1. The first kappa shape index (κ1) is 32.2. The van der Waals surface area contributed by atoms with Crippen LogP contribution in [0.4, 0.5) is 5.69 Å². The number of halogens is 2. The SMILES string of the molecule is COc1ccc(N(CC(=O)N(Cc2ccccc2Cl)[C@H](C)C(=O)NCC(C)C)S(=O)(=O)c2ccc(C)cc2)cc1Cl. The predicted octanol–water partition coefficient (Wildman–Crippen LogP) is 5.70. The number of benzene rings is 3. The Kier molecular flexibility index (Phi) is 11.1. The molecule has 0 aliphatic heterocycles. The van der Waals surface area contributed by atoms with Gasteiger partial charge in [0.25, 0.3) is 10.0 Å². The molecular weight excluding hydrogens is 585 g/mol. The Bertz CT molecular complexity index is 1480. The van der Waals surface area contributed by atoms with Gasteiger partial charge in [-0.3, -0.25) is 13.9 Å². The van der Waals surface area contributed by atoms with Crippen molar-refractivity contribution < 1.29 is 22.7 Å². The highest BCUT2D eigenvalue weighted by atomic mass is 35.5. The van der Waals surface area contributed by atoms with Crippen molar-refractivity contribution >= 4 is 50.7 Å². The van der Waals surface area contributed by atoms with Crippen LogP contribution in [0.25, 0.3) is 0 Å². The van der Waals surface area contributed by atoms with Gasteiger partial charge in [0.2, 0.25) is 11.8 Å². The second-order valence-electron chi connectivity index (χ2n) is 10.1. The topological polar surface area (TPSA) is 96.0 Å². The molecular formula is C30H35Cl2N3O5S. The van der Waals surface area contributed by atoms with Crippen molar-refractivity contribution in [3.8, 4) is 5.75 Å². The van der Waals surface area contributed by atoms with Crippen LogP contribution in [-0.4, -0.2) is 51.4 Å². The molecule has 0 saturated heterocycles. The minimum atomic E-state index is -4.22. The molecule has 1 N–H and O–H groups in total. The van der Waals surface area contributed by atoms with Gasteiger partial charge in [-0.25, -0.2) is 8.42 Å². The Balaban J connectivity index is 2.06. The van der Waals surface area contributed by atoms with E-state index in [0.29, 0.717) is 22.9 Å². The van der Waals surface area contributed by atoms with Crippen LogP contribution in [-0.2, 0) is 26.2 Å². The van der Waals surface area contributed by atoms with Gasteiger partial charge in [0, 0.05) is 18.1 Å². The first-order valence-electron chi connectivity index (χ1n) is 13.1. The standard InChI is InChI=1S/C30H35Cl2N3O5S/c1-20(2)17-33-30(37)22(4)34(18-23-8-6-7-9-26(23)31)29(36)19-35(24-12-15-28(40-5)27(32)16-24)41(38,39)25-13-10-21(3)11-14-25/h6-16,20,22H,17-19H2,1-5H3,(H,33,37)/t22-/m1/s1. The number of nitrogens with zero attached hydrogens (tertiary/aromatic N) is 2. The maximum atomic E-state index is 14.0. The normalized spacial score (nSPS) is 12.1. The summed E-state index contributed by atoms with van der Waals surface area (Å²) in [7, 11) is -2.78. The third-order valence-corrected chi connectivity index (χ3v) is 8.91. The number of rotatable bonds is 12. The zero-order valence-corrected chi connectivity index (χ0v) is 26.1. The number of ether oxygens (including phenoxy) is 1. The molecule has 3 aromatic rings. The maximum Gasteiger partial charge on any atom is 0.264 e. The molecule has 41 heavy (non-hydrogen) atoms. The Hall–Kier alpha value is -3.27. The second-order valence-corrected chi connectivity index (χ2v) is 12.7. The van der Waals surface area contributed by atoms with E-state index in [-0.39, 0.29) is 34.0 Å². The van der Waals surface area contributed by atoms with Gasteiger partial charge < -0.3 is 15.0 Å². The molecule has 2 amide bonds. The maximum absolute atomic E-state index is 14.0. The summed E-state index contributed by atoms with van der Waals surface area (Å²) in [6.07, 6.45) is 0. The lowest BCUT2D eigenvalue weighted by Gasteiger charge is -2.32. The van der Waals surface area contributed by atoms with E-state index in [0.717, 1.165) is 9.87 Å². The summed E-state index contributed by atoms with van der Waals surface area (Å²) in [6.45, 7) is 7.21. The number of anilines is 1. The molecule has 0 aliphatic rings. The van der Waals surface area contributed by atoms with E-state index in [1.54, 1.807) is 43.3 Å². The van der Waals surface area contributed by atoms with Crippen molar-refractivity contribution in [2.45, 2.75) is 45.2 Å². The monoisotopic (exact) mass is 619 g/mol. The summed E-state index contributed by atoms with van der Waals surface area (Å²) in [4.78, 5) is 28.4. The van der Waals surface area contributed by atoms with E-state index in [2.05, 4.69) is 5.32 Å². The van der Waals surface area contributed by atoms with Crippen molar-refractivity contribution in [2.24, 2.45) is 5.92 Å². The molecule has 0 aromatic heterocycles. The van der Waals surface area contributed by atoms with Crippen LogP contribution < -0.4 is 14.4 Å². The Morgan fingerprint density at radius 3 is 2.20 bits per heavy atom. The van der Waals surface area contributed by atoms with Crippen molar-refractivity contribution in [2.75, 3.05) is 24.5 Å². The second kappa shape index (κ2) is 14.1. The molecule has 0 saturated carbocycles. The number of amides is 2. The van der Waals surface area contributed by atoms with Crippen LogP contribution in [0.5, 0.6) is 5.75 Å². The summed E-state index contributed by atoms with van der Waals surface area (Å²) in [5, 5.41) is 3.45. The van der Waals surface area contributed by atoms with Gasteiger partial charge in [0.05, 0.1) is 22.7 Å². The van der Waals surface area contributed by atoms with Crippen molar-refractivity contribution in [1.29, 1.82) is 0 Å². The molecule has 0 spiro atoms.